The van der Waals surface area contributed by atoms with Gasteiger partial charge in [0.2, 0.25) is 0 Å². The molecule has 0 aromatic heterocycles. The number of carbonyl (C=O) groups is 2. The molecule has 0 saturated heterocycles. The van der Waals surface area contributed by atoms with E-state index in [1.54, 1.807) is 33.3 Å². The van der Waals surface area contributed by atoms with Crippen LogP contribution in [0.2, 0.25) is 0 Å². The lowest BCUT2D eigenvalue weighted by molar-refractivity contribution is 0.168. The van der Waals surface area contributed by atoms with Crippen molar-refractivity contribution in [2.24, 2.45) is 5.10 Å². The molecule has 0 spiro atoms. The molecular weight excluding hydrogens is 430 g/mol. The van der Waals surface area contributed by atoms with Gasteiger partial charge in [0.15, 0.2) is 11.5 Å². The van der Waals surface area contributed by atoms with Crippen molar-refractivity contribution < 1.29 is 23.8 Å². The Kier molecular flexibility index (Phi) is 7.99. The molecule has 0 fully saturated rings. The van der Waals surface area contributed by atoms with E-state index in [1.807, 2.05) is 37.3 Å². The summed E-state index contributed by atoms with van der Waals surface area (Å²) in [5.74, 6) is 1.24. The van der Waals surface area contributed by atoms with Crippen molar-refractivity contribution in [3.8, 4) is 11.5 Å². The number of benzene rings is 2. The van der Waals surface area contributed by atoms with Crippen LogP contribution in [0.3, 0.4) is 0 Å². The third-order valence-electron chi connectivity index (χ3n) is 4.82. The van der Waals surface area contributed by atoms with E-state index in [4.69, 9.17) is 19.3 Å². The molecule has 8 nitrogen and oxygen atoms in total. The molecule has 1 aliphatic heterocycles. The van der Waals surface area contributed by atoms with E-state index in [2.05, 4.69) is 5.32 Å². The molecule has 2 amide bonds. The van der Waals surface area contributed by atoms with E-state index in [0.717, 1.165) is 23.3 Å². The summed E-state index contributed by atoms with van der Waals surface area (Å²) in [5, 5.41) is 8.65. The molecule has 0 saturated carbocycles. The van der Waals surface area contributed by atoms with Gasteiger partial charge in [0.25, 0.3) is 0 Å². The fourth-order valence-electron chi connectivity index (χ4n) is 3.29. The second-order valence-corrected chi connectivity index (χ2v) is 8.09. The van der Waals surface area contributed by atoms with Gasteiger partial charge in [0, 0.05) is 11.3 Å². The topological polar surface area (TPSA) is 89.5 Å². The number of carbonyl (C=O) groups excluding carboxylic acids is 2. The summed E-state index contributed by atoms with van der Waals surface area (Å²) in [6.45, 7) is 4.34. The van der Waals surface area contributed by atoms with E-state index in [1.165, 1.54) is 16.8 Å². The summed E-state index contributed by atoms with van der Waals surface area (Å²) in [5.41, 5.74) is 3.10. The fraction of sp³-hybridized carbons (Fsp3) is 0.348. The first-order chi connectivity index (χ1) is 15.5. The van der Waals surface area contributed by atoms with E-state index in [-0.39, 0.29) is 23.6 Å². The van der Waals surface area contributed by atoms with Gasteiger partial charge in [0.05, 0.1) is 38.3 Å². The minimum atomic E-state index is -0.520. The normalized spacial score (nSPS) is 15.8. The SMILES string of the molecule is CCOC(=O)Nc1cccc(CN2N=C(c3ccc(OC)c(OC)c3)C(CC)SC2=O)c1. The summed E-state index contributed by atoms with van der Waals surface area (Å²) in [4.78, 5) is 24.5. The fourth-order valence-corrected chi connectivity index (χ4v) is 4.23. The Morgan fingerprint density at radius 3 is 2.59 bits per heavy atom. The van der Waals surface area contributed by atoms with Crippen LogP contribution in [-0.2, 0) is 11.3 Å². The molecule has 9 heteroatoms. The second-order valence-electron chi connectivity index (χ2n) is 6.94. The average Bonchev–Trinajstić information content (AvgIpc) is 2.80. The molecular formula is C23H27N3O5S. The third kappa shape index (κ3) is 5.53. The molecule has 0 bridgehead atoms. The van der Waals surface area contributed by atoms with Crippen LogP contribution in [0.5, 0.6) is 11.5 Å². The van der Waals surface area contributed by atoms with Gasteiger partial charge in [-0.1, -0.05) is 30.8 Å². The molecule has 1 atom stereocenters. The van der Waals surface area contributed by atoms with Crippen LogP contribution in [-0.4, -0.2) is 48.1 Å². The Labute approximate surface area is 191 Å². The number of hydrogen-bond acceptors (Lipinski definition) is 7. The Balaban J connectivity index is 1.87. The van der Waals surface area contributed by atoms with Crippen LogP contribution in [0.4, 0.5) is 15.3 Å². The van der Waals surface area contributed by atoms with Gasteiger partial charge in [0.1, 0.15) is 0 Å². The lowest BCUT2D eigenvalue weighted by atomic mass is 10.0. The molecule has 3 rings (SSSR count). The first-order valence-corrected chi connectivity index (χ1v) is 11.2. The maximum Gasteiger partial charge on any atom is 0.411 e. The van der Waals surface area contributed by atoms with Gasteiger partial charge in [-0.3, -0.25) is 10.1 Å². The predicted molar refractivity (Wildman–Crippen MR) is 126 cm³/mol. The Morgan fingerprint density at radius 2 is 1.91 bits per heavy atom. The van der Waals surface area contributed by atoms with Crippen LogP contribution in [0.15, 0.2) is 47.6 Å². The van der Waals surface area contributed by atoms with Crippen molar-refractivity contribution in [3.63, 3.8) is 0 Å². The van der Waals surface area contributed by atoms with Crippen molar-refractivity contribution >= 4 is 34.5 Å². The summed E-state index contributed by atoms with van der Waals surface area (Å²) >= 11 is 1.26. The molecule has 2 aromatic rings. The Morgan fingerprint density at radius 1 is 1.12 bits per heavy atom. The van der Waals surface area contributed by atoms with Crippen molar-refractivity contribution in [3.05, 3.63) is 53.6 Å². The summed E-state index contributed by atoms with van der Waals surface area (Å²) in [7, 11) is 3.18. The van der Waals surface area contributed by atoms with Gasteiger partial charge >= 0.3 is 11.3 Å². The number of methoxy groups -OCH3 is 2. The first-order valence-electron chi connectivity index (χ1n) is 10.3. The molecule has 1 aliphatic rings. The number of anilines is 1. The quantitative estimate of drug-likeness (QED) is 0.592. The molecule has 1 heterocycles. The highest BCUT2D eigenvalue weighted by atomic mass is 32.2. The second kappa shape index (κ2) is 10.9. The van der Waals surface area contributed by atoms with Gasteiger partial charge in [-0.05, 0) is 49.2 Å². The largest absolute Gasteiger partial charge is 0.493 e. The number of hydrogen-bond donors (Lipinski definition) is 1. The third-order valence-corrected chi connectivity index (χ3v) is 6.07. The van der Waals surface area contributed by atoms with Crippen molar-refractivity contribution in [2.45, 2.75) is 32.1 Å². The van der Waals surface area contributed by atoms with E-state index < -0.39 is 6.09 Å². The van der Waals surface area contributed by atoms with Crippen molar-refractivity contribution in [1.29, 1.82) is 0 Å². The molecule has 0 aliphatic carbocycles. The molecule has 1 N–H and O–H groups in total. The zero-order valence-corrected chi connectivity index (χ0v) is 19.4. The molecule has 32 heavy (non-hydrogen) atoms. The lowest BCUT2D eigenvalue weighted by Crippen LogP contribution is -2.34. The molecule has 2 aromatic carbocycles. The van der Waals surface area contributed by atoms with Crippen LogP contribution in [0.1, 0.15) is 31.4 Å². The average molecular weight is 458 g/mol. The van der Waals surface area contributed by atoms with Gasteiger partial charge in [-0.25, -0.2) is 9.80 Å². The number of amides is 2. The highest BCUT2D eigenvalue weighted by molar-refractivity contribution is 8.14. The first kappa shape index (κ1) is 23.5. The number of thioether (sulfide) groups is 1. The molecule has 170 valence electrons. The van der Waals surface area contributed by atoms with E-state index >= 15 is 0 Å². The number of rotatable bonds is 8. The summed E-state index contributed by atoms with van der Waals surface area (Å²) < 4.78 is 15.7. The molecule has 1 unspecified atom stereocenters. The molecule has 0 radical (unpaired) electrons. The Bertz CT molecular complexity index is 1010. The standard InChI is InChI=1S/C23H27N3O5S/c1-5-20-21(16-10-11-18(29-3)19(13-16)30-4)25-26(23(28)32-20)14-15-8-7-9-17(12-15)24-22(27)31-6-2/h7-13,20H,5-6,14H2,1-4H3,(H,24,27). The number of nitrogens with one attached hydrogen (secondary N) is 1. The number of nitrogens with zero attached hydrogens (tertiary/aromatic N) is 2. The lowest BCUT2D eigenvalue weighted by Gasteiger charge is -2.28. The highest BCUT2D eigenvalue weighted by Gasteiger charge is 2.30. The van der Waals surface area contributed by atoms with E-state index in [0.29, 0.717) is 17.2 Å². The van der Waals surface area contributed by atoms with Crippen LogP contribution in [0.25, 0.3) is 0 Å². The number of hydrazone groups is 1. The monoisotopic (exact) mass is 457 g/mol. The van der Waals surface area contributed by atoms with Crippen LogP contribution in [0, 0.1) is 0 Å². The van der Waals surface area contributed by atoms with Gasteiger partial charge in [-0.15, -0.1) is 0 Å². The maximum atomic E-state index is 12.8. The van der Waals surface area contributed by atoms with Gasteiger partial charge in [-0.2, -0.15) is 5.10 Å². The Hall–Kier alpha value is -3.20. The highest BCUT2D eigenvalue weighted by Crippen LogP contribution is 2.33. The smallest absolute Gasteiger partial charge is 0.411 e. The minimum absolute atomic E-state index is 0.0614. The predicted octanol–water partition coefficient (Wildman–Crippen LogP) is 5.12. The van der Waals surface area contributed by atoms with Crippen molar-refractivity contribution in [1.82, 2.24) is 5.01 Å². The van der Waals surface area contributed by atoms with Crippen LogP contribution >= 0.6 is 11.8 Å². The zero-order valence-electron chi connectivity index (χ0n) is 18.6. The number of ether oxygens (including phenoxy) is 3. The minimum Gasteiger partial charge on any atom is -0.493 e. The van der Waals surface area contributed by atoms with Crippen LogP contribution < -0.4 is 14.8 Å². The maximum absolute atomic E-state index is 12.8. The van der Waals surface area contributed by atoms with E-state index in [9.17, 15) is 9.59 Å². The van der Waals surface area contributed by atoms with Gasteiger partial charge < -0.3 is 14.2 Å². The van der Waals surface area contributed by atoms with Crippen molar-refractivity contribution in [2.75, 3.05) is 26.1 Å². The summed E-state index contributed by atoms with van der Waals surface area (Å²) in [6.07, 6.45) is 0.241. The summed E-state index contributed by atoms with van der Waals surface area (Å²) in [6, 6.07) is 12.9. The zero-order chi connectivity index (χ0) is 23.1.